The molecule has 1 aliphatic carbocycles. The Hall–Kier alpha value is -1.40. The number of amides is 1. The Morgan fingerprint density at radius 3 is 2.84 bits per heavy atom. The maximum Gasteiger partial charge on any atom is 0.341 e. The quantitative estimate of drug-likeness (QED) is 0.839. The number of hydrogen-bond acceptors (Lipinski definition) is 5. The SMILES string of the molecule is CCOCC(=O)Nc1sc2c(c1C(=O)OC)CCC2. The number of ether oxygens (including phenoxy) is 2. The minimum Gasteiger partial charge on any atom is -0.465 e. The van der Waals surface area contributed by atoms with Crippen LogP contribution < -0.4 is 5.32 Å². The van der Waals surface area contributed by atoms with E-state index in [2.05, 4.69) is 5.32 Å². The van der Waals surface area contributed by atoms with Gasteiger partial charge in [0.25, 0.3) is 5.91 Å². The molecule has 104 valence electrons. The smallest absolute Gasteiger partial charge is 0.341 e. The Labute approximate surface area is 115 Å². The molecule has 19 heavy (non-hydrogen) atoms. The molecule has 0 bridgehead atoms. The number of carbonyl (C=O) groups is 2. The van der Waals surface area contributed by atoms with E-state index in [1.54, 1.807) is 0 Å². The Morgan fingerprint density at radius 2 is 2.16 bits per heavy atom. The van der Waals surface area contributed by atoms with Crippen LogP contribution in [0.15, 0.2) is 0 Å². The molecule has 1 heterocycles. The molecule has 0 fully saturated rings. The number of aryl methyl sites for hydroxylation is 1. The number of esters is 1. The second-order valence-electron chi connectivity index (χ2n) is 4.24. The summed E-state index contributed by atoms with van der Waals surface area (Å²) < 4.78 is 9.86. The second-order valence-corrected chi connectivity index (χ2v) is 5.34. The normalized spacial score (nSPS) is 13.2. The van der Waals surface area contributed by atoms with Crippen molar-refractivity contribution in [2.75, 3.05) is 25.6 Å². The lowest BCUT2D eigenvalue weighted by Crippen LogP contribution is -2.19. The lowest BCUT2D eigenvalue weighted by Gasteiger charge is -2.06. The molecule has 1 aromatic heterocycles. The number of rotatable bonds is 5. The molecule has 1 aromatic rings. The van der Waals surface area contributed by atoms with Crippen molar-refractivity contribution in [1.29, 1.82) is 0 Å². The Balaban J connectivity index is 2.20. The highest BCUT2D eigenvalue weighted by molar-refractivity contribution is 7.17. The van der Waals surface area contributed by atoms with E-state index in [0.717, 1.165) is 24.8 Å². The molecule has 0 spiro atoms. The van der Waals surface area contributed by atoms with E-state index < -0.39 is 0 Å². The fraction of sp³-hybridized carbons (Fsp3) is 0.538. The summed E-state index contributed by atoms with van der Waals surface area (Å²) in [6, 6.07) is 0. The number of methoxy groups -OCH3 is 1. The molecule has 0 aromatic carbocycles. The summed E-state index contributed by atoms with van der Waals surface area (Å²) in [5.74, 6) is -0.627. The lowest BCUT2D eigenvalue weighted by atomic mass is 10.1. The summed E-state index contributed by atoms with van der Waals surface area (Å²) >= 11 is 1.47. The van der Waals surface area contributed by atoms with Gasteiger partial charge < -0.3 is 14.8 Å². The van der Waals surface area contributed by atoms with Crippen LogP contribution in [0.2, 0.25) is 0 Å². The van der Waals surface area contributed by atoms with Crippen molar-refractivity contribution in [3.63, 3.8) is 0 Å². The summed E-state index contributed by atoms with van der Waals surface area (Å²) in [5, 5.41) is 3.33. The average Bonchev–Trinajstić information content (AvgIpc) is 2.95. The van der Waals surface area contributed by atoms with Gasteiger partial charge in [-0.05, 0) is 31.7 Å². The van der Waals surface area contributed by atoms with E-state index in [9.17, 15) is 9.59 Å². The van der Waals surface area contributed by atoms with Crippen molar-refractivity contribution in [2.24, 2.45) is 0 Å². The van der Waals surface area contributed by atoms with Crippen LogP contribution >= 0.6 is 11.3 Å². The highest BCUT2D eigenvalue weighted by Gasteiger charge is 2.27. The maximum atomic E-state index is 11.9. The van der Waals surface area contributed by atoms with Gasteiger partial charge in [0.1, 0.15) is 11.6 Å². The van der Waals surface area contributed by atoms with Gasteiger partial charge in [0, 0.05) is 11.5 Å². The van der Waals surface area contributed by atoms with Crippen molar-refractivity contribution in [2.45, 2.75) is 26.2 Å². The third kappa shape index (κ3) is 2.96. The van der Waals surface area contributed by atoms with Crippen LogP contribution in [0.5, 0.6) is 0 Å². The number of fused-ring (bicyclic) bond motifs is 1. The molecule has 0 unspecified atom stereocenters. The van der Waals surface area contributed by atoms with Gasteiger partial charge in [-0.2, -0.15) is 0 Å². The molecular weight excluding hydrogens is 266 g/mol. The summed E-state index contributed by atoms with van der Waals surface area (Å²) in [6.45, 7) is 2.31. The van der Waals surface area contributed by atoms with Crippen LogP contribution in [0.4, 0.5) is 5.00 Å². The van der Waals surface area contributed by atoms with Gasteiger partial charge in [0.2, 0.25) is 0 Å². The largest absolute Gasteiger partial charge is 0.465 e. The van der Waals surface area contributed by atoms with Crippen LogP contribution in [-0.4, -0.2) is 32.2 Å². The predicted molar refractivity (Wildman–Crippen MR) is 72.8 cm³/mol. The molecule has 0 aliphatic heterocycles. The van der Waals surface area contributed by atoms with Gasteiger partial charge in [-0.1, -0.05) is 0 Å². The number of carbonyl (C=O) groups excluding carboxylic acids is 2. The van der Waals surface area contributed by atoms with Crippen LogP contribution in [0.3, 0.4) is 0 Å². The van der Waals surface area contributed by atoms with E-state index in [1.165, 1.54) is 23.3 Å². The maximum absolute atomic E-state index is 11.9. The molecule has 2 rings (SSSR count). The zero-order valence-corrected chi connectivity index (χ0v) is 11.9. The Kier molecular flexibility index (Phi) is 4.55. The first-order chi connectivity index (χ1) is 9.17. The molecule has 1 N–H and O–H groups in total. The van der Waals surface area contributed by atoms with Crippen molar-refractivity contribution in [1.82, 2.24) is 0 Å². The van der Waals surface area contributed by atoms with Crippen molar-refractivity contribution in [3.8, 4) is 0 Å². The second kappa shape index (κ2) is 6.16. The number of nitrogens with one attached hydrogen (secondary N) is 1. The van der Waals surface area contributed by atoms with Crippen molar-refractivity contribution in [3.05, 3.63) is 16.0 Å². The van der Waals surface area contributed by atoms with Crippen LogP contribution in [0, 0.1) is 0 Å². The van der Waals surface area contributed by atoms with E-state index in [1.807, 2.05) is 6.92 Å². The fourth-order valence-electron chi connectivity index (χ4n) is 2.17. The number of anilines is 1. The fourth-order valence-corrected chi connectivity index (χ4v) is 3.46. The van der Waals surface area contributed by atoms with Gasteiger partial charge in [-0.3, -0.25) is 4.79 Å². The van der Waals surface area contributed by atoms with Gasteiger partial charge in [-0.25, -0.2) is 4.79 Å². The monoisotopic (exact) mass is 283 g/mol. The first-order valence-electron chi connectivity index (χ1n) is 6.27. The molecule has 0 atom stereocenters. The van der Waals surface area contributed by atoms with Gasteiger partial charge in [0.15, 0.2) is 0 Å². The Morgan fingerprint density at radius 1 is 1.37 bits per heavy atom. The summed E-state index contributed by atoms with van der Waals surface area (Å²) in [6.07, 6.45) is 2.89. The number of thiophene rings is 1. The van der Waals surface area contributed by atoms with Crippen LogP contribution in [0.1, 0.15) is 34.1 Å². The van der Waals surface area contributed by atoms with Crippen LogP contribution in [0.25, 0.3) is 0 Å². The zero-order chi connectivity index (χ0) is 13.8. The minimum atomic E-state index is -0.383. The summed E-state index contributed by atoms with van der Waals surface area (Å²) in [7, 11) is 1.35. The van der Waals surface area contributed by atoms with E-state index in [-0.39, 0.29) is 18.5 Å². The first-order valence-corrected chi connectivity index (χ1v) is 7.09. The van der Waals surface area contributed by atoms with Crippen LogP contribution in [-0.2, 0) is 27.1 Å². The third-order valence-corrected chi connectivity index (χ3v) is 4.21. The molecule has 0 saturated carbocycles. The molecule has 0 saturated heterocycles. The average molecular weight is 283 g/mol. The predicted octanol–water partition coefficient (Wildman–Crippen LogP) is 2.00. The highest BCUT2D eigenvalue weighted by atomic mass is 32.1. The third-order valence-electron chi connectivity index (χ3n) is 3.00. The number of hydrogen-bond donors (Lipinski definition) is 1. The van der Waals surface area contributed by atoms with E-state index in [4.69, 9.17) is 9.47 Å². The highest BCUT2D eigenvalue weighted by Crippen LogP contribution is 2.39. The van der Waals surface area contributed by atoms with Gasteiger partial charge in [-0.15, -0.1) is 11.3 Å². The lowest BCUT2D eigenvalue weighted by molar-refractivity contribution is -0.120. The van der Waals surface area contributed by atoms with Crippen molar-refractivity contribution < 1.29 is 19.1 Å². The zero-order valence-electron chi connectivity index (χ0n) is 11.1. The molecular formula is C13H17NO4S. The molecule has 0 radical (unpaired) electrons. The molecule has 1 aliphatic rings. The van der Waals surface area contributed by atoms with Gasteiger partial charge >= 0.3 is 5.97 Å². The molecule has 5 nitrogen and oxygen atoms in total. The Bertz CT molecular complexity index is 495. The van der Waals surface area contributed by atoms with E-state index >= 15 is 0 Å². The first kappa shape index (κ1) is 14.0. The standard InChI is InChI=1S/C13H17NO4S/c1-3-18-7-10(15)14-12-11(13(16)17-2)8-5-4-6-9(8)19-12/h3-7H2,1-2H3,(H,14,15). The van der Waals surface area contributed by atoms with Crippen molar-refractivity contribution >= 4 is 28.2 Å². The summed E-state index contributed by atoms with van der Waals surface area (Å²) in [5.41, 5.74) is 1.55. The molecule has 1 amide bonds. The molecule has 6 heteroatoms. The van der Waals surface area contributed by atoms with E-state index in [0.29, 0.717) is 17.2 Å². The van der Waals surface area contributed by atoms with Gasteiger partial charge in [0.05, 0.1) is 12.7 Å². The topological polar surface area (TPSA) is 64.6 Å². The summed E-state index contributed by atoms with van der Waals surface area (Å²) in [4.78, 5) is 24.7. The minimum absolute atomic E-state index is 0.000318.